The number of anilines is 12. The molecule has 12 aromatic carbocycles. The van der Waals surface area contributed by atoms with Crippen LogP contribution < -0.4 is 19.6 Å². The molecule has 0 radical (unpaired) electrons. The van der Waals surface area contributed by atoms with E-state index in [9.17, 15) is 0 Å². The summed E-state index contributed by atoms with van der Waals surface area (Å²) in [7, 11) is 0. The minimum atomic E-state index is 0.0321. The molecular weight excluding hydrogens is 1500 g/mol. The Morgan fingerprint density at radius 1 is 0.282 bits per heavy atom. The SMILES string of the molecule is C1=Cc2ccc(N(c3ccccc3)c3ccc(C4CC5CCC4C5)cc3)cc2C1.CC1(C)c2ccccc2-c2cc(N(c3ccccc3)c3ccc(C4CC5CCC4C5)cc3)ccc21.Cc1cc(N(c2ccc(C3CC4CCC3C4)cc2)c2cccc(C)n2)ccn1.c1ccc(-c2ccc(N(c3ccccc3)c3ccc(C4CC5CCC4C5)cc3)cc2)cc1. The van der Waals surface area contributed by atoms with Gasteiger partial charge in [0.15, 0.2) is 0 Å². The molecule has 12 atom stereocenters. The highest BCUT2D eigenvalue weighted by Gasteiger charge is 2.44. The lowest BCUT2D eigenvalue weighted by molar-refractivity contribution is 0.420. The normalized spacial score (nSPS) is 23.0. The average molecular weight is 1620 g/mol. The Bertz CT molecular complexity index is 6020. The van der Waals surface area contributed by atoms with Gasteiger partial charge in [-0.25, -0.2) is 4.98 Å². The Morgan fingerprint density at radius 3 is 1.09 bits per heavy atom. The van der Waals surface area contributed by atoms with Crippen LogP contribution in [0.1, 0.15) is 196 Å². The van der Waals surface area contributed by atoms with Crippen LogP contribution in [0.15, 0.2) is 346 Å². The maximum atomic E-state index is 4.79. The first-order valence-electron chi connectivity index (χ1n) is 46.8. The number of aryl methyl sites for hydroxylation is 2. The summed E-state index contributed by atoms with van der Waals surface area (Å²) >= 11 is 0. The standard InChI is InChI=1S/C34H33N.C31H29N.C28H27N.C25H27N3/c1-34(2)32-11-7-6-10-29(32)31-22-28(18-19-33(31)34)35(26-8-4-3-5-9-26)27-16-14-24(15-17-27)30-21-23-12-13-25(30)20-23;1-3-7-24(8-4-1)25-13-17-29(18-14-25)32(28-9-5-2-6-10-28)30-19-15-26(16-20-30)31-22-23-11-12-27(31)21-23;1-2-7-25(8-3-1)29(27-16-11-21-5-4-6-23(21)19-27)26-14-12-22(13-15-26)28-18-20-9-10-24(28)17-20;1-17-4-3-5-25(27-17)28(23-12-13-26-18(2)14-23)22-10-8-20(9-11-22)24-16-19-6-7-21(24)15-19/h3-11,14-19,22-23,25,30H,12-13,20-21H2,1-2H3;1-10,13-20,23,27,31H,11-12,21-22H2;1-5,7-8,11-16,19-20,24,28H,6,9-10,17-18H2;3-5,8-14,19,21,24H,6-7,15-16H2,1-2H3. The molecule has 0 N–H and O–H groups in total. The van der Waals surface area contributed by atoms with E-state index >= 15 is 0 Å². The Morgan fingerprint density at radius 2 is 0.653 bits per heavy atom. The smallest absolute Gasteiger partial charge is 0.137 e. The predicted molar refractivity (Wildman–Crippen MR) is 518 cm³/mol. The molecule has 8 saturated carbocycles. The highest BCUT2D eigenvalue weighted by Crippen LogP contribution is 2.58. The van der Waals surface area contributed by atoms with Crippen LogP contribution in [0.4, 0.5) is 68.4 Å². The van der Waals surface area contributed by atoms with Gasteiger partial charge >= 0.3 is 0 Å². The van der Waals surface area contributed by atoms with E-state index in [0.717, 1.165) is 106 Å². The van der Waals surface area contributed by atoms with Crippen molar-refractivity contribution in [3.05, 3.63) is 402 Å². The van der Waals surface area contributed by atoms with E-state index in [2.05, 4.69) is 378 Å². The lowest BCUT2D eigenvalue weighted by Gasteiger charge is -2.28. The molecular formula is C118H116N6. The van der Waals surface area contributed by atoms with Crippen molar-refractivity contribution in [2.45, 2.75) is 166 Å². The molecule has 6 nitrogen and oxygen atoms in total. The van der Waals surface area contributed by atoms with Gasteiger partial charge in [-0.1, -0.05) is 240 Å². The quantitative estimate of drug-likeness (QED) is 0.0905. The summed E-state index contributed by atoms with van der Waals surface area (Å²) in [6.07, 6.45) is 30.4. The number of hydrogen-bond donors (Lipinski definition) is 0. The zero-order chi connectivity index (χ0) is 83.2. The molecule has 0 aliphatic heterocycles. The van der Waals surface area contributed by atoms with E-state index in [4.69, 9.17) is 4.98 Å². The maximum absolute atomic E-state index is 4.79. The van der Waals surface area contributed by atoms with Crippen molar-refractivity contribution < 1.29 is 0 Å². The number of benzene rings is 12. The number of para-hydroxylation sites is 3. The number of pyridine rings is 2. The topological polar surface area (TPSA) is 38.7 Å². The minimum Gasteiger partial charge on any atom is -0.311 e. The molecule has 8 bridgehead atoms. The largest absolute Gasteiger partial charge is 0.311 e. The Labute approximate surface area is 736 Å². The van der Waals surface area contributed by atoms with Crippen LogP contribution in [0.3, 0.4) is 0 Å². The lowest BCUT2D eigenvalue weighted by atomic mass is 9.82. The number of nitrogens with zero attached hydrogens (tertiary/aromatic N) is 6. The van der Waals surface area contributed by atoms with Crippen LogP contribution in [0.5, 0.6) is 0 Å². The maximum Gasteiger partial charge on any atom is 0.137 e. The second-order valence-electron chi connectivity index (χ2n) is 38.4. The van der Waals surface area contributed by atoms with Crippen LogP contribution in [0.2, 0.25) is 0 Å². The number of hydrogen-bond acceptors (Lipinski definition) is 6. The van der Waals surface area contributed by atoms with E-state index in [-0.39, 0.29) is 5.41 Å². The third-order valence-electron chi connectivity index (χ3n) is 30.6. The van der Waals surface area contributed by atoms with Gasteiger partial charge in [0, 0.05) is 79.9 Å². The fourth-order valence-electron chi connectivity index (χ4n) is 24.6. The van der Waals surface area contributed by atoms with Crippen molar-refractivity contribution in [3.8, 4) is 22.3 Å². The number of rotatable bonds is 17. The number of allylic oxidation sites excluding steroid dienone is 1. The fraction of sp³-hybridized carbons (Fsp3) is 0.288. The van der Waals surface area contributed by atoms with Gasteiger partial charge in [-0.15, -0.1) is 0 Å². The Balaban J connectivity index is 0.000000102. The molecule has 618 valence electrons. The fourth-order valence-corrected chi connectivity index (χ4v) is 24.6. The monoisotopic (exact) mass is 1620 g/mol. The zero-order valence-corrected chi connectivity index (χ0v) is 72.6. The Hall–Kier alpha value is -12.1. The summed E-state index contributed by atoms with van der Waals surface area (Å²) in [5.74, 6) is 11.6. The number of aromatic nitrogens is 2. The lowest BCUT2D eigenvalue weighted by Crippen LogP contribution is -2.15. The third-order valence-corrected chi connectivity index (χ3v) is 30.6. The molecule has 0 spiro atoms. The van der Waals surface area contributed by atoms with E-state index in [0.29, 0.717) is 0 Å². The molecule has 124 heavy (non-hydrogen) atoms. The van der Waals surface area contributed by atoms with Gasteiger partial charge in [-0.3, -0.25) is 9.88 Å². The molecule has 12 unspecified atom stereocenters. The summed E-state index contributed by atoms with van der Waals surface area (Å²) in [4.78, 5) is 18.6. The first-order valence-corrected chi connectivity index (χ1v) is 46.8. The van der Waals surface area contributed by atoms with Crippen LogP contribution in [-0.2, 0) is 11.8 Å². The summed E-state index contributed by atoms with van der Waals surface area (Å²) in [5, 5.41) is 0. The summed E-state index contributed by atoms with van der Waals surface area (Å²) in [5.41, 5.74) is 32.2. The molecule has 0 amide bonds. The van der Waals surface area contributed by atoms with Gasteiger partial charge in [0.2, 0.25) is 0 Å². The van der Waals surface area contributed by atoms with E-state index < -0.39 is 0 Å². The van der Waals surface area contributed by atoms with Gasteiger partial charge in [-0.2, -0.15) is 0 Å². The summed E-state index contributed by atoms with van der Waals surface area (Å²) in [6.45, 7) is 8.77. The van der Waals surface area contributed by atoms with Crippen molar-refractivity contribution in [1.29, 1.82) is 0 Å². The summed E-state index contributed by atoms with van der Waals surface area (Å²) in [6, 6.07) is 123. The first-order chi connectivity index (χ1) is 61.0. The van der Waals surface area contributed by atoms with Gasteiger partial charge in [-0.05, 0) is 381 Å². The molecule has 10 aliphatic carbocycles. The molecule has 0 saturated heterocycles. The molecule has 6 heteroatoms. The van der Waals surface area contributed by atoms with Crippen LogP contribution in [0, 0.1) is 61.2 Å². The zero-order valence-electron chi connectivity index (χ0n) is 72.6. The average Bonchev–Trinajstić information content (AvgIpc) is 1.57. The van der Waals surface area contributed by atoms with Crippen LogP contribution in [-0.4, -0.2) is 9.97 Å². The predicted octanol–water partition coefficient (Wildman–Crippen LogP) is 32.2. The Kier molecular flexibility index (Phi) is 22.0. The molecule has 10 aliphatic rings. The van der Waals surface area contributed by atoms with Gasteiger partial charge in [0.05, 0.1) is 5.69 Å². The molecule has 2 aromatic heterocycles. The highest BCUT2D eigenvalue weighted by atomic mass is 15.2. The van der Waals surface area contributed by atoms with Crippen LogP contribution in [0.25, 0.3) is 28.3 Å². The van der Waals surface area contributed by atoms with Crippen LogP contribution >= 0.6 is 0 Å². The van der Waals surface area contributed by atoms with E-state index in [1.54, 1.807) is 11.1 Å². The van der Waals surface area contributed by atoms with Crippen molar-refractivity contribution in [1.82, 2.24) is 9.97 Å². The van der Waals surface area contributed by atoms with Crippen molar-refractivity contribution in [2.24, 2.45) is 47.3 Å². The van der Waals surface area contributed by atoms with Crippen molar-refractivity contribution in [2.75, 3.05) is 19.6 Å². The second-order valence-corrected chi connectivity index (χ2v) is 38.4. The van der Waals surface area contributed by atoms with Crippen molar-refractivity contribution >= 4 is 74.5 Å². The van der Waals surface area contributed by atoms with E-state index in [1.165, 1.54) is 210 Å². The van der Waals surface area contributed by atoms with E-state index in [1.807, 2.05) is 26.1 Å². The molecule has 2 heterocycles. The van der Waals surface area contributed by atoms with Crippen molar-refractivity contribution in [3.63, 3.8) is 0 Å². The highest BCUT2D eigenvalue weighted by molar-refractivity contribution is 5.87. The minimum absolute atomic E-state index is 0.0321. The second kappa shape index (κ2) is 34.5. The van der Waals surface area contributed by atoms with Gasteiger partial charge in [0.1, 0.15) is 5.82 Å². The molecule has 14 aromatic rings. The van der Waals surface area contributed by atoms with Gasteiger partial charge < -0.3 is 14.7 Å². The number of fused-ring (bicyclic) bond motifs is 12. The molecule has 24 rings (SSSR count). The first kappa shape index (κ1) is 79.1. The summed E-state index contributed by atoms with van der Waals surface area (Å²) < 4.78 is 0. The third kappa shape index (κ3) is 16.1. The van der Waals surface area contributed by atoms with Gasteiger partial charge in [0.25, 0.3) is 0 Å². The molecule has 8 fully saturated rings.